The normalized spacial score (nSPS) is 10.0. The molecule has 2 aromatic rings. The molecule has 19 heavy (non-hydrogen) atoms. The van der Waals surface area contributed by atoms with E-state index in [-0.39, 0.29) is 23.6 Å². The molecule has 0 heterocycles. The van der Waals surface area contributed by atoms with Gasteiger partial charge in [-0.05, 0) is 36.4 Å². The van der Waals surface area contributed by atoms with Gasteiger partial charge in [0.15, 0.2) is 0 Å². The van der Waals surface area contributed by atoms with Crippen LogP contribution in [-0.4, -0.2) is 0 Å². The largest absolute Gasteiger partial charge is 0.378 e. The number of anilines is 1. The lowest BCUT2D eigenvalue weighted by molar-refractivity contribution is 0.610. The predicted molar refractivity (Wildman–Crippen MR) is 72.5 cm³/mol. The average Bonchev–Trinajstić information content (AvgIpc) is 2.40. The predicted octanol–water partition coefficient (Wildman–Crippen LogP) is 4.21. The van der Waals surface area contributed by atoms with Crippen LogP contribution in [0.1, 0.15) is 11.1 Å². The first-order valence-corrected chi connectivity index (χ1v) is 6.27. The molecule has 5 heteroatoms. The van der Waals surface area contributed by atoms with Crippen LogP contribution in [0, 0.1) is 23.0 Å². The van der Waals surface area contributed by atoms with Crippen molar-refractivity contribution in [3.8, 4) is 6.07 Å². The van der Waals surface area contributed by atoms with Crippen LogP contribution < -0.4 is 5.32 Å². The molecule has 0 spiro atoms. The van der Waals surface area contributed by atoms with Gasteiger partial charge in [-0.1, -0.05) is 15.9 Å². The van der Waals surface area contributed by atoms with Crippen molar-refractivity contribution in [3.05, 3.63) is 63.6 Å². The van der Waals surface area contributed by atoms with Gasteiger partial charge < -0.3 is 5.32 Å². The Labute approximate surface area is 117 Å². The molecule has 0 aliphatic carbocycles. The van der Waals surface area contributed by atoms with Crippen molar-refractivity contribution >= 4 is 21.6 Å². The van der Waals surface area contributed by atoms with Crippen molar-refractivity contribution < 1.29 is 8.78 Å². The third kappa shape index (κ3) is 3.30. The molecule has 0 unspecified atom stereocenters. The lowest BCUT2D eigenvalue weighted by Gasteiger charge is -2.09. The summed E-state index contributed by atoms with van der Waals surface area (Å²) in [5.74, 6) is -0.890. The number of nitriles is 1. The summed E-state index contributed by atoms with van der Waals surface area (Å²) in [6.45, 7) is 0.161. The molecule has 0 saturated heterocycles. The summed E-state index contributed by atoms with van der Waals surface area (Å²) < 4.78 is 27.9. The SMILES string of the molecule is N#Cc1ccc(NCc2cc(Br)ccc2F)c(F)c1. The molecular weight excluding hydrogens is 314 g/mol. The second-order valence-corrected chi connectivity index (χ2v) is 4.81. The van der Waals surface area contributed by atoms with E-state index in [0.29, 0.717) is 5.56 Å². The van der Waals surface area contributed by atoms with E-state index in [4.69, 9.17) is 5.26 Å². The summed E-state index contributed by atoms with van der Waals surface area (Å²) in [5.41, 5.74) is 0.910. The summed E-state index contributed by atoms with van der Waals surface area (Å²) in [7, 11) is 0. The maximum Gasteiger partial charge on any atom is 0.147 e. The van der Waals surface area contributed by atoms with Gasteiger partial charge in [-0.15, -0.1) is 0 Å². The van der Waals surface area contributed by atoms with E-state index in [2.05, 4.69) is 21.2 Å². The molecular formula is C14H9BrF2N2. The first kappa shape index (κ1) is 13.5. The van der Waals surface area contributed by atoms with Crippen LogP contribution in [0.4, 0.5) is 14.5 Å². The number of nitrogens with zero attached hydrogens (tertiary/aromatic N) is 1. The smallest absolute Gasteiger partial charge is 0.147 e. The summed E-state index contributed by atoms with van der Waals surface area (Å²) in [5, 5.41) is 11.4. The van der Waals surface area contributed by atoms with Crippen molar-refractivity contribution in [2.24, 2.45) is 0 Å². The number of rotatable bonds is 3. The van der Waals surface area contributed by atoms with Crippen LogP contribution in [0.25, 0.3) is 0 Å². The molecule has 0 aliphatic heterocycles. The number of nitrogens with one attached hydrogen (secondary N) is 1. The number of hydrogen-bond acceptors (Lipinski definition) is 2. The molecule has 2 aromatic carbocycles. The highest BCUT2D eigenvalue weighted by atomic mass is 79.9. The maximum absolute atomic E-state index is 13.6. The van der Waals surface area contributed by atoms with Gasteiger partial charge in [0.05, 0.1) is 17.3 Å². The molecule has 2 rings (SSSR count). The zero-order chi connectivity index (χ0) is 13.8. The van der Waals surface area contributed by atoms with Gasteiger partial charge in [0.2, 0.25) is 0 Å². The molecule has 0 saturated carbocycles. The number of halogens is 3. The van der Waals surface area contributed by atoms with E-state index in [1.807, 2.05) is 6.07 Å². The van der Waals surface area contributed by atoms with Crippen molar-refractivity contribution in [2.45, 2.75) is 6.54 Å². The minimum Gasteiger partial charge on any atom is -0.378 e. The van der Waals surface area contributed by atoms with E-state index < -0.39 is 5.82 Å². The van der Waals surface area contributed by atoms with E-state index in [1.165, 1.54) is 18.2 Å². The maximum atomic E-state index is 13.6. The van der Waals surface area contributed by atoms with E-state index in [0.717, 1.165) is 10.5 Å². The fraction of sp³-hybridized carbons (Fsp3) is 0.0714. The second-order valence-electron chi connectivity index (χ2n) is 3.90. The van der Waals surface area contributed by atoms with Crippen LogP contribution in [0.15, 0.2) is 40.9 Å². The molecule has 0 fully saturated rings. The first-order chi connectivity index (χ1) is 9.10. The Morgan fingerprint density at radius 3 is 2.58 bits per heavy atom. The van der Waals surface area contributed by atoms with Crippen molar-refractivity contribution in [2.75, 3.05) is 5.32 Å². The average molecular weight is 323 g/mol. The lowest BCUT2D eigenvalue weighted by Crippen LogP contribution is -2.03. The Hall–Kier alpha value is -1.93. The van der Waals surface area contributed by atoms with Gasteiger partial charge in [0, 0.05) is 16.6 Å². The highest BCUT2D eigenvalue weighted by molar-refractivity contribution is 9.10. The molecule has 0 radical (unpaired) electrons. The van der Waals surface area contributed by atoms with Crippen LogP contribution in [0.2, 0.25) is 0 Å². The monoisotopic (exact) mass is 322 g/mol. The molecule has 96 valence electrons. The summed E-state index contributed by atoms with van der Waals surface area (Å²) >= 11 is 3.25. The van der Waals surface area contributed by atoms with Crippen LogP contribution in [-0.2, 0) is 6.54 Å². The lowest BCUT2D eigenvalue weighted by atomic mass is 10.2. The van der Waals surface area contributed by atoms with E-state index >= 15 is 0 Å². The Bertz CT molecular complexity index is 650. The highest BCUT2D eigenvalue weighted by Gasteiger charge is 2.06. The standard InChI is InChI=1S/C14H9BrF2N2/c15-11-2-3-12(16)10(6-11)8-19-14-4-1-9(7-18)5-13(14)17/h1-6,19H,8H2. The third-order valence-corrected chi connectivity index (χ3v) is 3.07. The molecule has 0 amide bonds. The summed E-state index contributed by atoms with van der Waals surface area (Å²) in [6, 6.07) is 10.5. The van der Waals surface area contributed by atoms with Crippen LogP contribution >= 0.6 is 15.9 Å². The van der Waals surface area contributed by atoms with Crippen molar-refractivity contribution in [1.82, 2.24) is 0 Å². The van der Waals surface area contributed by atoms with Gasteiger partial charge in [0.25, 0.3) is 0 Å². The fourth-order valence-electron chi connectivity index (χ4n) is 1.60. The van der Waals surface area contributed by atoms with Gasteiger partial charge in [-0.2, -0.15) is 5.26 Å². The molecule has 0 aliphatic rings. The molecule has 0 atom stereocenters. The minimum absolute atomic E-state index is 0.161. The molecule has 0 bridgehead atoms. The first-order valence-electron chi connectivity index (χ1n) is 5.47. The van der Waals surface area contributed by atoms with Gasteiger partial charge in [-0.3, -0.25) is 0 Å². The number of benzene rings is 2. The third-order valence-electron chi connectivity index (χ3n) is 2.58. The molecule has 0 aromatic heterocycles. The topological polar surface area (TPSA) is 35.8 Å². The molecule has 2 nitrogen and oxygen atoms in total. The summed E-state index contributed by atoms with van der Waals surface area (Å²) in [4.78, 5) is 0. The Morgan fingerprint density at radius 2 is 1.89 bits per heavy atom. The Morgan fingerprint density at radius 1 is 1.11 bits per heavy atom. The minimum atomic E-state index is -0.533. The number of hydrogen-bond donors (Lipinski definition) is 1. The van der Waals surface area contributed by atoms with E-state index in [9.17, 15) is 8.78 Å². The van der Waals surface area contributed by atoms with Crippen LogP contribution in [0.3, 0.4) is 0 Å². The zero-order valence-corrected chi connectivity index (χ0v) is 11.3. The van der Waals surface area contributed by atoms with Crippen molar-refractivity contribution in [1.29, 1.82) is 5.26 Å². The summed E-state index contributed by atoms with van der Waals surface area (Å²) in [6.07, 6.45) is 0. The quantitative estimate of drug-likeness (QED) is 0.918. The zero-order valence-electron chi connectivity index (χ0n) is 9.75. The fourth-order valence-corrected chi connectivity index (χ4v) is 2.01. The second kappa shape index (κ2) is 5.81. The van der Waals surface area contributed by atoms with Crippen molar-refractivity contribution in [3.63, 3.8) is 0 Å². The van der Waals surface area contributed by atoms with Gasteiger partial charge in [-0.25, -0.2) is 8.78 Å². The Balaban J connectivity index is 2.15. The van der Waals surface area contributed by atoms with Gasteiger partial charge in [0.1, 0.15) is 11.6 Å². The van der Waals surface area contributed by atoms with E-state index in [1.54, 1.807) is 12.1 Å². The Kier molecular flexibility index (Phi) is 4.13. The highest BCUT2D eigenvalue weighted by Crippen LogP contribution is 2.19. The van der Waals surface area contributed by atoms with Crippen LogP contribution in [0.5, 0.6) is 0 Å². The molecule has 1 N–H and O–H groups in total. The van der Waals surface area contributed by atoms with Gasteiger partial charge >= 0.3 is 0 Å².